The quantitative estimate of drug-likeness (QED) is 0.872. The van der Waals surface area contributed by atoms with Gasteiger partial charge in [-0.1, -0.05) is 29.4 Å². The number of nitrogens with zero attached hydrogens (tertiary/aromatic N) is 1. The molecule has 6 heteroatoms. The Morgan fingerprint density at radius 3 is 2.78 bits per heavy atom. The third kappa shape index (κ3) is 3.21. The van der Waals surface area contributed by atoms with Gasteiger partial charge in [-0.3, -0.25) is 0 Å². The van der Waals surface area contributed by atoms with Crippen molar-refractivity contribution in [3.63, 3.8) is 0 Å². The summed E-state index contributed by atoms with van der Waals surface area (Å²) in [5.41, 5.74) is 0.0499. The van der Waals surface area contributed by atoms with Gasteiger partial charge in [0, 0.05) is 4.90 Å². The van der Waals surface area contributed by atoms with E-state index in [-0.39, 0.29) is 16.5 Å². The minimum atomic E-state index is -1.08. The van der Waals surface area contributed by atoms with Crippen LogP contribution in [0.4, 0.5) is 4.39 Å². The summed E-state index contributed by atoms with van der Waals surface area (Å²) in [6, 6.07) is 8.60. The summed E-state index contributed by atoms with van der Waals surface area (Å²) in [6.45, 7) is 0. The number of pyridine rings is 1. The smallest absolute Gasteiger partial charge is 0.335 e. The Kier molecular flexibility index (Phi) is 3.84. The van der Waals surface area contributed by atoms with Gasteiger partial charge < -0.3 is 5.11 Å². The molecule has 1 N–H and O–H groups in total. The Morgan fingerprint density at radius 1 is 1.33 bits per heavy atom. The van der Waals surface area contributed by atoms with Crippen LogP contribution >= 0.6 is 23.4 Å². The monoisotopic (exact) mass is 283 g/mol. The SMILES string of the molecule is O=C(O)c1cc(Cl)nc(Sc2cccc(F)c2)c1. The molecule has 3 nitrogen and oxygen atoms in total. The van der Waals surface area contributed by atoms with Crippen LogP contribution in [0, 0.1) is 5.82 Å². The average molecular weight is 284 g/mol. The summed E-state index contributed by atoms with van der Waals surface area (Å²) in [4.78, 5) is 15.5. The van der Waals surface area contributed by atoms with Crippen LogP contribution in [0.3, 0.4) is 0 Å². The lowest BCUT2D eigenvalue weighted by molar-refractivity contribution is 0.0696. The summed E-state index contributed by atoms with van der Waals surface area (Å²) in [5, 5.41) is 9.39. The largest absolute Gasteiger partial charge is 0.478 e. The Morgan fingerprint density at radius 2 is 2.11 bits per heavy atom. The molecule has 0 amide bonds. The second-order valence-corrected chi connectivity index (χ2v) is 4.86. The van der Waals surface area contributed by atoms with Gasteiger partial charge in [0.25, 0.3) is 0 Å². The lowest BCUT2D eigenvalue weighted by Gasteiger charge is -2.03. The third-order valence-corrected chi connectivity index (χ3v) is 3.14. The maximum absolute atomic E-state index is 13.0. The standard InChI is InChI=1S/C12H7ClFNO2S/c13-10-4-7(12(16)17)5-11(15-10)18-9-3-1-2-8(14)6-9/h1-6H,(H,16,17). The predicted octanol–water partition coefficient (Wildman–Crippen LogP) is 3.72. The average Bonchev–Trinajstić information content (AvgIpc) is 2.28. The fourth-order valence-electron chi connectivity index (χ4n) is 1.30. The molecule has 0 aliphatic rings. The fraction of sp³-hybridized carbons (Fsp3) is 0. The van der Waals surface area contributed by atoms with Crippen LogP contribution in [0.15, 0.2) is 46.3 Å². The summed E-state index contributed by atoms with van der Waals surface area (Å²) in [6.07, 6.45) is 0. The first kappa shape index (κ1) is 12.9. The van der Waals surface area contributed by atoms with Crippen molar-refractivity contribution >= 4 is 29.3 Å². The van der Waals surface area contributed by atoms with Gasteiger partial charge in [-0.05, 0) is 30.3 Å². The Balaban J connectivity index is 2.31. The maximum Gasteiger partial charge on any atom is 0.335 e. The molecule has 1 aromatic carbocycles. The van der Waals surface area contributed by atoms with E-state index in [0.29, 0.717) is 9.92 Å². The molecule has 2 rings (SSSR count). The van der Waals surface area contributed by atoms with Crippen molar-refractivity contribution in [3.05, 3.63) is 52.9 Å². The van der Waals surface area contributed by atoms with Crippen LogP contribution < -0.4 is 0 Å². The summed E-state index contributed by atoms with van der Waals surface area (Å²) in [7, 11) is 0. The molecule has 2 aromatic rings. The molecule has 92 valence electrons. The van der Waals surface area contributed by atoms with Crippen molar-refractivity contribution in [2.75, 3.05) is 0 Å². The lowest BCUT2D eigenvalue weighted by atomic mass is 10.3. The molecule has 0 aliphatic heterocycles. The van der Waals surface area contributed by atoms with Crippen molar-refractivity contribution in [1.82, 2.24) is 4.98 Å². The summed E-state index contributed by atoms with van der Waals surface area (Å²) >= 11 is 6.88. The van der Waals surface area contributed by atoms with Crippen LogP contribution in [0.1, 0.15) is 10.4 Å². The highest BCUT2D eigenvalue weighted by Crippen LogP contribution is 2.28. The Labute approximate surface area is 112 Å². The van der Waals surface area contributed by atoms with Crippen LogP contribution in [0.2, 0.25) is 5.15 Å². The molecule has 0 spiro atoms. The zero-order valence-electron chi connectivity index (χ0n) is 8.93. The summed E-state index contributed by atoms with van der Waals surface area (Å²) in [5.74, 6) is -1.44. The molecule has 0 aliphatic carbocycles. The highest BCUT2D eigenvalue weighted by Gasteiger charge is 2.09. The first-order valence-corrected chi connectivity index (χ1v) is 6.08. The Hall–Kier alpha value is -1.59. The number of hydrogen-bond donors (Lipinski definition) is 1. The Bertz CT molecular complexity index is 606. The number of rotatable bonds is 3. The minimum absolute atomic E-state index is 0.0499. The van der Waals surface area contributed by atoms with E-state index in [9.17, 15) is 9.18 Å². The minimum Gasteiger partial charge on any atom is -0.478 e. The van der Waals surface area contributed by atoms with Crippen molar-refractivity contribution in [1.29, 1.82) is 0 Å². The van der Waals surface area contributed by atoms with E-state index < -0.39 is 5.97 Å². The van der Waals surface area contributed by atoms with E-state index in [1.807, 2.05) is 0 Å². The molecule has 0 bridgehead atoms. The molecule has 1 heterocycles. The zero-order valence-corrected chi connectivity index (χ0v) is 10.5. The van der Waals surface area contributed by atoms with E-state index in [1.165, 1.54) is 24.3 Å². The van der Waals surface area contributed by atoms with Gasteiger partial charge in [-0.15, -0.1) is 0 Å². The number of hydrogen-bond acceptors (Lipinski definition) is 3. The van der Waals surface area contributed by atoms with Crippen LogP contribution in [-0.4, -0.2) is 16.1 Å². The lowest BCUT2D eigenvalue weighted by Crippen LogP contribution is -1.97. The van der Waals surface area contributed by atoms with E-state index in [4.69, 9.17) is 16.7 Å². The molecule has 0 saturated carbocycles. The van der Waals surface area contributed by atoms with Gasteiger partial charge in [0.05, 0.1) is 5.56 Å². The van der Waals surface area contributed by atoms with Crippen LogP contribution in [0.5, 0.6) is 0 Å². The van der Waals surface area contributed by atoms with Crippen LogP contribution in [0.25, 0.3) is 0 Å². The van der Waals surface area contributed by atoms with E-state index in [2.05, 4.69) is 4.98 Å². The number of aromatic nitrogens is 1. The molecular weight excluding hydrogens is 277 g/mol. The fourth-order valence-corrected chi connectivity index (χ4v) is 2.45. The highest BCUT2D eigenvalue weighted by atomic mass is 35.5. The van der Waals surface area contributed by atoms with Gasteiger partial charge in [0.15, 0.2) is 0 Å². The van der Waals surface area contributed by atoms with Gasteiger partial charge in [-0.2, -0.15) is 0 Å². The van der Waals surface area contributed by atoms with Crippen LogP contribution in [-0.2, 0) is 0 Å². The van der Waals surface area contributed by atoms with Crippen molar-refractivity contribution < 1.29 is 14.3 Å². The first-order chi connectivity index (χ1) is 8.54. The molecule has 0 radical (unpaired) electrons. The van der Waals surface area contributed by atoms with Crippen molar-refractivity contribution in [2.45, 2.75) is 9.92 Å². The van der Waals surface area contributed by atoms with E-state index in [0.717, 1.165) is 11.8 Å². The van der Waals surface area contributed by atoms with E-state index in [1.54, 1.807) is 12.1 Å². The molecule has 0 atom stereocenters. The predicted molar refractivity (Wildman–Crippen MR) is 66.7 cm³/mol. The molecular formula is C12H7ClFNO2S. The first-order valence-electron chi connectivity index (χ1n) is 4.89. The second kappa shape index (κ2) is 5.37. The maximum atomic E-state index is 13.0. The normalized spacial score (nSPS) is 10.3. The molecule has 0 unspecified atom stereocenters. The van der Waals surface area contributed by atoms with Gasteiger partial charge in [0.1, 0.15) is 16.0 Å². The number of carboxylic acids is 1. The molecule has 0 fully saturated rings. The number of carbonyl (C=O) groups is 1. The number of benzene rings is 1. The zero-order chi connectivity index (χ0) is 13.1. The third-order valence-electron chi connectivity index (χ3n) is 2.04. The number of carboxylic acid groups (broad SMARTS) is 1. The second-order valence-electron chi connectivity index (χ2n) is 3.38. The topological polar surface area (TPSA) is 50.2 Å². The molecule has 1 aromatic heterocycles. The van der Waals surface area contributed by atoms with Gasteiger partial charge >= 0.3 is 5.97 Å². The molecule has 18 heavy (non-hydrogen) atoms. The van der Waals surface area contributed by atoms with Gasteiger partial charge in [-0.25, -0.2) is 14.2 Å². The number of halogens is 2. The highest BCUT2D eigenvalue weighted by molar-refractivity contribution is 7.99. The molecule has 0 saturated heterocycles. The summed E-state index contributed by atoms with van der Waals surface area (Å²) < 4.78 is 13.0. The van der Waals surface area contributed by atoms with Crippen molar-refractivity contribution in [2.24, 2.45) is 0 Å². The number of aromatic carboxylic acids is 1. The van der Waals surface area contributed by atoms with Crippen molar-refractivity contribution in [3.8, 4) is 0 Å². The van der Waals surface area contributed by atoms with E-state index >= 15 is 0 Å². The van der Waals surface area contributed by atoms with Gasteiger partial charge in [0.2, 0.25) is 0 Å².